The Bertz CT molecular complexity index is 151. The molecule has 0 amide bonds. The Morgan fingerprint density at radius 3 is 2.40 bits per heavy atom. The fourth-order valence-corrected chi connectivity index (χ4v) is 1.55. The molecule has 0 spiro atoms. The maximum atomic E-state index is 8.65. The largest absolute Gasteiger partial charge is 0.196 e. The molecule has 1 rings (SSSR count). The zero-order chi connectivity index (χ0) is 7.61. The van der Waals surface area contributed by atoms with Crippen LogP contribution in [0.15, 0.2) is 0 Å². The summed E-state index contributed by atoms with van der Waals surface area (Å²) in [5, 5.41) is 8.65. The van der Waals surface area contributed by atoms with Gasteiger partial charge in [-0.15, -0.1) is 11.6 Å². The van der Waals surface area contributed by atoms with Crippen LogP contribution in [0.5, 0.6) is 0 Å². The highest BCUT2D eigenvalue weighted by molar-refractivity contribution is 6.25. The van der Waals surface area contributed by atoms with Crippen molar-refractivity contribution >= 4 is 11.6 Å². The summed E-state index contributed by atoms with van der Waals surface area (Å²) in [7, 11) is 0. The van der Waals surface area contributed by atoms with Crippen molar-refractivity contribution in [3.8, 4) is 6.07 Å². The van der Waals surface area contributed by atoms with E-state index in [2.05, 4.69) is 13.0 Å². The fourth-order valence-electron chi connectivity index (χ4n) is 1.33. The van der Waals surface area contributed by atoms with Crippen LogP contribution in [0.1, 0.15) is 32.6 Å². The van der Waals surface area contributed by atoms with Crippen LogP contribution in [-0.2, 0) is 0 Å². The van der Waals surface area contributed by atoms with Gasteiger partial charge in [0.05, 0.1) is 6.07 Å². The maximum Gasteiger partial charge on any atom is 0.131 e. The summed E-state index contributed by atoms with van der Waals surface area (Å²) in [6.45, 7) is 2.22. The van der Waals surface area contributed by atoms with E-state index in [1.165, 1.54) is 0 Å². The van der Waals surface area contributed by atoms with E-state index in [9.17, 15) is 0 Å². The quantitative estimate of drug-likeness (QED) is 0.496. The second-order valence-electron chi connectivity index (χ2n) is 3.26. The lowest BCUT2D eigenvalue weighted by molar-refractivity contribution is 0.353. The molecule has 0 N–H and O–H groups in total. The van der Waals surface area contributed by atoms with Crippen molar-refractivity contribution in [1.29, 1.82) is 5.26 Å². The molecule has 0 radical (unpaired) electrons. The average Bonchev–Trinajstić information content (AvgIpc) is 1.96. The van der Waals surface area contributed by atoms with Gasteiger partial charge in [0.15, 0.2) is 0 Å². The summed E-state index contributed by atoms with van der Waals surface area (Å²) < 4.78 is 0. The minimum absolute atomic E-state index is 0.521. The van der Waals surface area contributed by atoms with Gasteiger partial charge >= 0.3 is 0 Å². The first-order valence-corrected chi connectivity index (χ1v) is 4.14. The first-order valence-electron chi connectivity index (χ1n) is 3.76. The van der Waals surface area contributed by atoms with Crippen molar-refractivity contribution in [3.05, 3.63) is 0 Å². The lowest BCUT2D eigenvalue weighted by atomic mass is 9.83. The summed E-state index contributed by atoms with van der Waals surface area (Å²) in [5.74, 6) is 0.764. The number of halogens is 1. The number of hydrogen-bond donors (Lipinski definition) is 0. The molecule has 1 fully saturated rings. The lowest BCUT2D eigenvalue weighted by Gasteiger charge is -2.27. The Morgan fingerprint density at radius 2 is 2.00 bits per heavy atom. The molecule has 2 heteroatoms. The van der Waals surface area contributed by atoms with E-state index >= 15 is 0 Å². The predicted molar refractivity (Wildman–Crippen MR) is 41.8 cm³/mol. The van der Waals surface area contributed by atoms with Crippen molar-refractivity contribution in [2.45, 2.75) is 37.5 Å². The SMILES string of the molecule is CC1CCC(Cl)(C#N)CC1. The summed E-state index contributed by atoms with van der Waals surface area (Å²) in [5.41, 5.74) is 0. The second kappa shape index (κ2) is 2.80. The number of nitriles is 1. The van der Waals surface area contributed by atoms with Crippen LogP contribution in [0.25, 0.3) is 0 Å². The van der Waals surface area contributed by atoms with Crippen molar-refractivity contribution in [3.63, 3.8) is 0 Å². The zero-order valence-corrected chi connectivity index (χ0v) is 6.99. The van der Waals surface area contributed by atoms with Gasteiger partial charge in [-0.1, -0.05) is 6.92 Å². The van der Waals surface area contributed by atoms with Gasteiger partial charge in [-0.2, -0.15) is 5.26 Å². The third-order valence-electron chi connectivity index (χ3n) is 2.27. The topological polar surface area (TPSA) is 23.8 Å². The average molecular weight is 158 g/mol. The van der Waals surface area contributed by atoms with Crippen LogP contribution in [0, 0.1) is 17.2 Å². The van der Waals surface area contributed by atoms with E-state index < -0.39 is 4.87 Å². The van der Waals surface area contributed by atoms with Crippen molar-refractivity contribution in [2.24, 2.45) is 5.92 Å². The molecule has 0 aromatic rings. The van der Waals surface area contributed by atoms with Gasteiger partial charge in [-0.05, 0) is 31.6 Å². The fraction of sp³-hybridized carbons (Fsp3) is 0.875. The molecule has 1 nitrogen and oxygen atoms in total. The summed E-state index contributed by atoms with van der Waals surface area (Å²) in [4.78, 5) is -0.521. The molecule has 0 aliphatic heterocycles. The highest BCUT2D eigenvalue weighted by Gasteiger charge is 2.31. The van der Waals surface area contributed by atoms with Gasteiger partial charge in [-0.25, -0.2) is 0 Å². The van der Waals surface area contributed by atoms with Gasteiger partial charge in [0.1, 0.15) is 4.87 Å². The first kappa shape index (κ1) is 7.88. The Hall–Kier alpha value is -0.220. The molecule has 0 saturated heterocycles. The maximum absolute atomic E-state index is 8.65. The molecule has 10 heavy (non-hydrogen) atoms. The van der Waals surface area contributed by atoms with Crippen LogP contribution in [0.2, 0.25) is 0 Å². The van der Waals surface area contributed by atoms with Crippen molar-refractivity contribution in [1.82, 2.24) is 0 Å². The van der Waals surface area contributed by atoms with E-state index in [4.69, 9.17) is 16.9 Å². The van der Waals surface area contributed by atoms with Crippen LogP contribution in [0.4, 0.5) is 0 Å². The van der Waals surface area contributed by atoms with Crippen molar-refractivity contribution < 1.29 is 0 Å². The minimum atomic E-state index is -0.521. The summed E-state index contributed by atoms with van der Waals surface area (Å²) in [6.07, 6.45) is 3.95. The van der Waals surface area contributed by atoms with E-state index in [0.717, 1.165) is 31.6 Å². The van der Waals surface area contributed by atoms with E-state index in [-0.39, 0.29) is 0 Å². The molecule has 0 aromatic heterocycles. The number of rotatable bonds is 0. The Labute approximate surface area is 67.0 Å². The van der Waals surface area contributed by atoms with E-state index in [0.29, 0.717) is 0 Å². The van der Waals surface area contributed by atoms with Crippen molar-refractivity contribution in [2.75, 3.05) is 0 Å². The van der Waals surface area contributed by atoms with Crippen LogP contribution >= 0.6 is 11.6 Å². The minimum Gasteiger partial charge on any atom is -0.196 e. The molecule has 1 aliphatic carbocycles. The standard InChI is InChI=1S/C8H12ClN/c1-7-2-4-8(9,6-10)5-3-7/h7H,2-5H2,1H3. The Morgan fingerprint density at radius 1 is 1.50 bits per heavy atom. The third-order valence-corrected chi connectivity index (χ3v) is 2.73. The zero-order valence-electron chi connectivity index (χ0n) is 6.23. The lowest BCUT2D eigenvalue weighted by Crippen LogP contribution is -2.25. The first-order chi connectivity index (χ1) is 4.66. The molecule has 56 valence electrons. The summed E-state index contributed by atoms with van der Waals surface area (Å²) >= 11 is 5.96. The van der Waals surface area contributed by atoms with Gasteiger partial charge in [0.25, 0.3) is 0 Å². The van der Waals surface area contributed by atoms with E-state index in [1.807, 2.05) is 0 Å². The Balaban J connectivity index is 2.48. The highest BCUT2D eigenvalue weighted by atomic mass is 35.5. The van der Waals surface area contributed by atoms with E-state index in [1.54, 1.807) is 0 Å². The number of alkyl halides is 1. The number of hydrogen-bond acceptors (Lipinski definition) is 1. The smallest absolute Gasteiger partial charge is 0.131 e. The number of nitrogens with zero attached hydrogens (tertiary/aromatic N) is 1. The summed E-state index contributed by atoms with van der Waals surface area (Å²) in [6, 6.07) is 2.17. The molecule has 1 aliphatic rings. The van der Waals surface area contributed by atoms with Crippen LogP contribution < -0.4 is 0 Å². The van der Waals surface area contributed by atoms with Crippen LogP contribution in [0.3, 0.4) is 0 Å². The van der Waals surface area contributed by atoms with Crippen LogP contribution in [-0.4, -0.2) is 4.87 Å². The normalized spacial score (nSPS) is 40.7. The monoisotopic (exact) mass is 157 g/mol. The molecule has 0 unspecified atom stereocenters. The van der Waals surface area contributed by atoms with Gasteiger partial charge in [0.2, 0.25) is 0 Å². The molecule has 0 bridgehead atoms. The Kier molecular flexibility index (Phi) is 2.21. The molecule has 0 aromatic carbocycles. The molecular weight excluding hydrogens is 146 g/mol. The molecule has 0 atom stereocenters. The van der Waals surface area contributed by atoms with Gasteiger partial charge in [0, 0.05) is 0 Å². The highest BCUT2D eigenvalue weighted by Crippen LogP contribution is 2.35. The molecule has 0 heterocycles. The van der Waals surface area contributed by atoms with Gasteiger partial charge in [-0.3, -0.25) is 0 Å². The van der Waals surface area contributed by atoms with Gasteiger partial charge < -0.3 is 0 Å². The second-order valence-corrected chi connectivity index (χ2v) is 3.98. The molecular formula is C8H12ClN. The third kappa shape index (κ3) is 1.64. The predicted octanol–water partition coefficient (Wildman–Crippen LogP) is 2.70. The molecule has 1 saturated carbocycles.